The molecule has 0 spiro atoms. The molecule has 1 aromatic carbocycles. The number of carbonyl (C=O) groups excluding carboxylic acids is 1. The van der Waals surface area contributed by atoms with Crippen LogP contribution < -0.4 is 10.1 Å². The zero-order valence-corrected chi connectivity index (χ0v) is 11.2. The Morgan fingerprint density at radius 2 is 1.89 bits per heavy atom. The zero-order valence-electron chi connectivity index (χ0n) is 11.2. The second-order valence-corrected chi connectivity index (χ2v) is 4.97. The molecule has 0 heterocycles. The summed E-state index contributed by atoms with van der Waals surface area (Å²) in [6.07, 6.45) is 0.358. The maximum Gasteiger partial charge on any atom is 0.407 e. The van der Waals surface area contributed by atoms with Crippen molar-refractivity contribution in [3.05, 3.63) is 36.9 Å². The van der Waals surface area contributed by atoms with Crippen LogP contribution in [0.2, 0.25) is 0 Å². The molecule has 0 saturated heterocycles. The molecule has 1 aromatic rings. The minimum atomic E-state index is -0.461. The second-order valence-electron chi connectivity index (χ2n) is 4.97. The molecular weight excluding hydrogens is 230 g/mol. The van der Waals surface area contributed by atoms with Gasteiger partial charge in [0.25, 0.3) is 0 Å². The molecular formula is C14H20NO3. The van der Waals surface area contributed by atoms with Gasteiger partial charge in [0.2, 0.25) is 0 Å². The molecule has 1 N–H and O–H groups in total. The largest absolute Gasteiger partial charge is 0.490 e. The van der Waals surface area contributed by atoms with Crippen LogP contribution in [0.25, 0.3) is 0 Å². The normalized spacial score (nSPS) is 10.9. The summed E-state index contributed by atoms with van der Waals surface area (Å²) in [5, 5.41) is 2.71. The van der Waals surface area contributed by atoms with Gasteiger partial charge < -0.3 is 14.8 Å². The fourth-order valence-corrected chi connectivity index (χ4v) is 1.38. The van der Waals surface area contributed by atoms with Crippen LogP contribution in [0, 0.1) is 7.11 Å². The maximum absolute atomic E-state index is 11.4. The first-order valence-corrected chi connectivity index (χ1v) is 5.88. The zero-order chi connectivity index (χ0) is 13.6. The highest BCUT2D eigenvalue weighted by molar-refractivity contribution is 5.67. The predicted octanol–water partition coefficient (Wildman–Crippen LogP) is 2.92. The van der Waals surface area contributed by atoms with Crippen LogP contribution in [0.5, 0.6) is 5.75 Å². The molecule has 1 radical (unpaired) electrons. The second kappa shape index (κ2) is 6.28. The Morgan fingerprint density at radius 3 is 2.39 bits per heavy atom. The molecule has 0 fully saturated rings. The van der Waals surface area contributed by atoms with Crippen molar-refractivity contribution >= 4 is 6.09 Å². The Balaban J connectivity index is 2.30. The lowest BCUT2D eigenvalue weighted by Gasteiger charge is -2.19. The SMILES string of the molecule is [CH2]Oc1ccc(CCNC(=O)OC(C)(C)C)cc1. The van der Waals surface area contributed by atoms with E-state index in [-0.39, 0.29) is 6.09 Å². The van der Waals surface area contributed by atoms with Gasteiger partial charge in [-0.05, 0) is 44.9 Å². The molecule has 0 saturated carbocycles. The van der Waals surface area contributed by atoms with E-state index in [4.69, 9.17) is 9.47 Å². The molecule has 4 heteroatoms. The Morgan fingerprint density at radius 1 is 1.28 bits per heavy atom. The Kier molecular flexibility index (Phi) is 5.01. The van der Waals surface area contributed by atoms with Crippen LogP contribution in [-0.2, 0) is 11.2 Å². The summed E-state index contributed by atoms with van der Waals surface area (Å²) in [7, 11) is 3.33. The molecule has 18 heavy (non-hydrogen) atoms. The van der Waals surface area contributed by atoms with E-state index in [0.29, 0.717) is 6.54 Å². The number of amides is 1. The standard InChI is InChI=1S/C14H20NO3/c1-14(2,3)18-13(16)15-10-9-11-5-7-12(17-4)8-6-11/h5-8H,4,9-10H2,1-3H3,(H,15,16). The van der Waals surface area contributed by atoms with Crippen molar-refractivity contribution < 1.29 is 14.3 Å². The highest BCUT2D eigenvalue weighted by Crippen LogP contribution is 2.11. The predicted molar refractivity (Wildman–Crippen MR) is 70.4 cm³/mol. The first-order valence-electron chi connectivity index (χ1n) is 5.88. The lowest BCUT2D eigenvalue weighted by atomic mass is 10.1. The summed E-state index contributed by atoms with van der Waals surface area (Å²) in [6, 6.07) is 7.57. The van der Waals surface area contributed by atoms with Gasteiger partial charge in [-0.15, -0.1) is 0 Å². The van der Waals surface area contributed by atoms with Gasteiger partial charge in [0.15, 0.2) is 0 Å². The van der Waals surface area contributed by atoms with Gasteiger partial charge in [-0.2, -0.15) is 0 Å². The fraction of sp³-hybridized carbons (Fsp3) is 0.429. The van der Waals surface area contributed by atoms with Gasteiger partial charge in [0, 0.05) is 6.54 Å². The minimum absolute atomic E-state index is 0.389. The Hall–Kier alpha value is -1.71. The number of carbonyl (C=O) groups is 1. The lowest BCUT2D eigenvalue weighted by molar-refractivity contribution is 0.0528. The molecule has 1 rings (SSSR count). The van der Waals surface area contributed by atoms with E-state index in [1.807, 2.05) is 45.0 Å². The van der Waals surface area contributed by atoms with Crippen LogP contribution in [0.3, 0.4) is 0 Å². The van der Waals surface area contributed by atoms with Gasteiger partial charge in [0.05, 0.1) is 0 Å². The third kappa shape index (κ3) is 5.57. The molecule has 1 amide bonds. The third-order valence-electron chi connectivity index (χ3n) is 2.17. The van der Waals surface area contributed by atoms with Gasteiger partial charge in [-0.1, -0.05) is 12.1 Å². The Bertz CT molecular complexity index is 379. The van der Waals surface area contributed by atoms with Gasteiger partial charge in [-0.25, -0.2) is 4.79 Å². The van der Waals surface area contributed by atoms with Crippen molar-refractivity contribution in [3.63, 3.8) is 0 Å². The monoisotopic (exact) mass is 250 g/mol. The summed E-state index contributed by atoms with van der Waals surface area (Å²) < 4.78 is 9.96. The lowest BCUT2D eigenvalue weighted by Crippen LogP contribution is -2.33. The van der Waals surface area contributed by atoms with E-state index in [1.165, 1.54) is 0 Å². The van der Waals surface area contributed by atoms with Crippen molar-refractivity contribution in [2.24, 2.45) is 0 Å². The van der Waals surface area contributed by atoms with Crippen LogP contribution in [0.4, 0.5) is 4.79 Å². The van der Waals surface area contributed by atoms with E-state index in [2.05, 4.69) is 12.4 Å². The molecule has 99 valence electrons. The summed E-state index contributed by atoms with van der Waals surface area (Å²) in [5.41, 5.74) is 0.656. The quantitative estimate of drug-likeness (QED) is 0.893. The van der Waals surface area contributed by atoms with Crippen LogP contribution in [-0.4, -0.2) is 18.2 Å². The molecule has 0 aliphatic carbocycles. The smallest absolute Gasteiger partial charge is 0.407 e. The number of ether oxygens (including phenoxy) is 2. The topological polar surface area (TPSA) is 47.6 Å². The number of rotatable bonds is 4. The number of hydrogen-bond donors (Lipinski definition) is 1. The van der Waals surface area contributed by atoms with E-state index in [1.54, 1.807) is 0 Å². The van der Waals surface area contributed by atoms with Crippen molar-refractivity contribution in [2.75, 3.05) is 6.54 Å². The fourth-order valence-electron chi connectivity index (χ4n) is 1.38. The average Bonchev–Trinajstić information content (AvgIpc) is 2.27. The minimum Gasteiger partial charge on any atom is -0.490 e. The first-order chi connectivity index (χ1) is 8.40. The van der Waals surface area contributed by atoms with E-state index < -0.39 is 5.60 Å². The highest BCUT2D eigenvalue weighted by Gasteiger charge is 2.15. The Labute approximate surface area is 108 Å². The molecule has 0 unspecified atom stereocenters. The van der Waals surface area contributed by atoms with Crippen LogP contribution >= 0.6 is 0 Å². The van der Waals surface area contributed by atoms with Crippen LogP contribution in [0.1, 0.15) is 26.3 Å². The summed E-state index contributed by atoms with van der Waals surface area (Å²) >= 11 is 0. The highest BCUT2D eigenvalue weighted by atomic mass is 16.6. The maximum atomic E-state index is 11.4. The van der Waals surface area contributed by atoms with Crippen molar-refractivity contribution in [1.82, 2.24) is 5.32 Å². The number of alkyl carbamates (subject to hydrolysis) is 1. The average molecular weight is 250 g/mol. The number of hydrogen-bond acceptors (Lipinski definition) is 3. The molecule has 0 aliphatic heterocycles. The van der Waals surface area contributed by atoms with Crippen molar-refractivity contribution in [2.45, 2.75) is 32.8 Å². The number of nitrogens with one attached hydrogen (secondary N) is 1. The van der Waals surface area contributed by atoms with Gasteiger partial charge in [-0.3, -0.25) is 0 Å². The summed E-state index contributed by atoms with van der Waals surface area (Å²) in [5.74, 6) is 0.721. The molecule has 0 atom stereocenters. The van der Waals surface area contributed by atoms with Crippen molar-refractivity contribution in [3.8, 4) is 5.75 Å². The molecule has 0 bridgehead atoms. The number of benzene rings is 1. The summed E-state index contributed by atoms with van der Waals surface area (Å²) in [6.45, 7) is 6.05. The third-order valence-corrected chi connectivity index (χ3v) is 2.17. The van der Waals surface area contributed by atoms with Crippen molar-refractivity contribution in [1.29, 1.82) is 0 Å². The van der Waals surface area contributed by atoms with E-state index in [9.17, 15) is 4.79 Å². The molecule has 0 aliphatic rings. The van der Waals surface area contributed by atoms with Gasteiger partial charge >= 0.3 is 6.09 Å². The summed E-state index contributed by atoms with van der Waals surface area (Å²) in [4.78, 5) is 11.4. The van der Waals surface area contributed by atoms with E-state index >= 15 is 0 Å². The molecule has 0 aromatic heterocycles. The molecule has 4 nitrogen and oxygen atoms in total. The van der Waals surface area contributed by atoms with E-state index in [0.717, 1.165) is 17.7 Å². The first kappa shape index (κ1) is 14.4. The van der Waals surface area contributed by atoms with Gasteiger partial charge in [0.1, 0.15) is 18.5 Å². The van der Waals surface area contributed by atoms with Crippen LogP contribution in [0.15, 0.2) is 24.3 Å².